The van der Waals surface area contributed by atoms with Crippen molar-refractivity contribution in [3.8, 4) is 0 Å². The highest BCUT2D eigenvalue weighted by atomic mass is 35.5. The highest BCUT2D eigenvalue weighted by Crippen LogP contribution is 2.24. The topological polar surface area (TPSA) is 49.4 Å². The van der Waals surface area contributed by atoms with Crippen LogP contribution >= 0.6 is 11.6 Å². The number of benzene rings is 1. The second kappa shape index (κ2) is 5.64. The van der Waals surface area contributed by atoms with Crippen molar-refractivity contribution in [2.75, 3.05) is 13.1 Å². The number of likely N-dealkylation sites (tertiary alicyclic amines) is 1. The highest BCUT2D eigenvalue weighted by molar-refractivity contribution is 6.31. The van der Waals surface area contributed by atoms with E-state index in [0.717, 1.165) is 19.3 Å². The number of nitrogens with zero attached hydrogens (tertiary/aromatic N) is 1. The molecule has 1 aromatic carbocycles. The Morgan fingerprint density at radius 3 is 2.95 bits per heavy atom. The maximum atomic E-state index is 13.9. The first kappa shape index (κ1) is 14.3. The Morgan fingerprint density at radius 2 is 2.14 bits per heavy atom. The number of nitrogens with one attached hydrogen (secondary N) is 1. The van der Waals surface area contributed by atoms with Crippen molar-refractivity contribution in [2.24, 2.45) is 5.92 Å². The maximum absolute atomic E-state index is 13.9. The Morgan fingerprint density at radius 1 is 1.33 bits per heavy atom. The first-order chi connectivity index (χ1) is 10.0. The van der Waals surface area contributed by atoms with Gasteiger partial charge in [0.15, 0.2) is 0 Å². The number of amides is 2. The third-order valence-electron chi connectivity index (χ3n) is 4.15. The molecular formula is C15H16ClFN2O2. The van der Waals surface area contributed by atoms with Crippen LogP contribution in [-0.4, -0.2) is 35.8 Å². The fourth-order valence-electron chi connectivity index (χ4n) is 3.05. The van der Waals surface area contributed by atoms with E-state index in [1.165, 1.54) is 18.2 Å². The van der Waals surface area contributed by atoms with Gasteiger partial charge in [-0.25, -0.2) is 4.39 Å². The van der Waals surface area contributed by atoms with Crippen LogP contribution in [0.1, 0.15) is 29.6 Å². The molecule has 2 heterocycles. The summed E-state index contributed by atoms with van der Waals surface area (Å²) in [5, 5.41) is 3.27. The fourth-order valence-corrected chi connectivity index (χ4v) is 3.22. The molecule has 1 N–H and O–H groups in total. The summed E-state index contributed by atoms with van der Waals surface area (Å²) < 4.78 is 13.9. The van der Waals surface area contributed by atoms with E-state index < -0.39 is 11.7 Å². The Balaban J connectivity index is 1.88. The van der Waals surface area contributed by atoms with Crippen LogP contribution in [0, 0.1) is 11.7 Å². The molecule has 1 aromatic rings. The average Bonchev–Trinajstić information content (AvgIpc) is 2.69. The van der Waals surface area contributed by atoms with Gasteiger partial charge in [0.1, 0.15) is 5.82 Å². The Bertz CT molecular complexity index is 593. The van der Waals surface area contributed by atoms with E-state index in [9.17, 15) is 14.0 Å². The number of hydrogen-bond donors (Lipinski definition) is 1. The lowest BCUT2D eigenvalue weighted by Gasteiger charge is -2.27. The summed E-state index contributed by atoms with van der Waals surface area (Å²) in [5.41, 5.74) is -0.0325. The smallest absolute Gasteiger partial charge is 0.256 e. The van der Waals surface area contributed by atoms with E-state index in [2.05, 4.69) is 5.32 Å². The van der Waals surface area contributed by atoms with Gasteiger partial charge in [-0.1, -0.05) is 18.0 Å². The van der Waals surface area contributed by atoms with Crippen molar-refractivity contribution in [3.05, 3.63) is 34.6 Å². The fraction of sp³-hybridized carbons (Fsp3) is 0.467. The molecule has 0 saturated carbocycles. The van der Waals surface area contributed by atoms with E-state index in [4.69, 9.17) is 11.6 Å². The Hall–Kier alpha value is -1.62. The van der Waals surface area contributed by atoms with Crippen LogP contribution in [-0.2, 0) is 4.79 Å². The molecule has 112 valence electrons. The molecule has 2 aliphatic heterocycles. The van der Waals surface area contributed by atoms with Crippen LogP contribution in [0.2, 0.25) is 5.02 Å². The predicted octanol–water partition coefficient (Wildman–Crippen LogP) is 2.22. The number of hydrogen-bond acceptors (Lipinski definition) is 2. The van der Waals surface area contributed by atoms with Crippen LogP contribution in [0.4, 0.5) is 4.39 Å². The van der Waals surface area contributed by atoms with Gasteiger partial charge in [0.05, 0.1) is 11.5 Å². The summed E-state index contributed by atoms with van der Waals surface area (Å²) in [6.07, 6.45) is 2.59. The number of carbonyl (C=O) groups is 2. The summed E-state index contributed by atoms with van der Waals surface area (Å²) in [7, 11) is 0. The normalized spacial score (nSPS) is 25.2. The van der Waals surface area contributed by atoms with Gasteiger partial charge in [-0.3, -0.25) is 9.59 Å². The van der Waals surface area contributed by atoms with Gasteiger partial charge >= 0.3 is 0 Å². The summed E-state index contributed by atoms with van der Waals surface area (Å²) in [5.74, 6) is -1.19. The van der Waals surface area contributed by atoms with Gasteiger partial charge in [-0.05, 0) is 31.0 Å². The van der Waals surface area contributed by atoms with Crippen LogP contribution < -0.4 is 5.32 Å². The summed E-state index contributed by atoms with van der Waals surface area (Å²) in [6, 6.07) is 3.90. The molecular weight excluding hydrogens is 295 g/mol. The molecule has 0 unspecified atom stereocenters. The second-order valence-electron chi connectivity index (χ2n) is 5.67. The zero-order valence-corrected chi connectivity index (χ0v) is 12.2. The lowest BCUT2D eigenvalue weighted by Crippen LogP contribution is -2.42. The van der Waals surface area contributed by atoms with Crippen molar-refractivity contribution in [3.63, 3.8) is 0 Å². The van der Waals surface area contributed by atoms with Gasteiger partial charge in [0.25, 0.3) is 5.91 Å². The minimum Gasteiger partial charge on any atom is -0.351 e. The van der Waals surface area contributed by atoms with Gasteiger partial charge in [0.2, 0.25) is 5.91 Å². The zero-order valence-electron chi connectivity index (χ0n) is 11.4. The van der Waals surface area contributed by atoms with Crippen molar-refractivity contribution in [1.29, 1.82) is 0 Å². The molecule has 0 aliphatic carbocycles. The third kappa shape index (κ3) is 2.88. The lowest BCUT2D eigenvalue weighted by atomic mass is 9.98. The molecule has 2 fully saturated rings. The second-order valence-corrected chi connectivity index (χ2v) is 6.10. The Kier molecular flexibility index (Phi) is 3.85. The van der Waals surface area contributed by atoms with Crippen molar-refractivity contribution in [2.45, 2.75) is 25.3 Å². The number of rotatable bonds is 1. The highest BCUT2D eigenvalue weighted by Gasteiger charge is 2.35. The SMILES string of the molecule is O=C1N[C@H]2CCC[C@@H]1CN(C(=O)c1cc(Cl)ccc1F)C2. The first-order valence-corrected chi connectivity index (χ1v) is 7.47. The molecule has 0 radical (unpaired) electrons. The van der Waals surface area contributed by atoms with Crippen LogP contribution in [0.5, 0.6) is 0 Å². The lowest BCUT2D eigenvalue weighted by molar-refractivity contribution is -0.124. The Labute approximate surface area is 127 Å². The molecule has 3 rings (SSSR count). The van der Waals surface area contributed by atoms with Crippen molar-refractivity contribution < 1.29 is 14.0 Å². The summed E-state index contributed by atoms with van der Waals surface area (Å²) in [4.78, 5) is 26.1. The molecule has 21 heavy (non-hydrogen) atoms. The maximum Gasteiger partial charge on any atom is 0.256 e. The van der Waals surface area contributed by atoms with Gasteiger partial charge in [-0.2, -0.15) is 0 Å². The predicted molar refractivity (Wildman–Crippen MR) is 76.6 cm³/mol. The van der Waals surface area contributed by atoms with Crippen LogP contribution in [0.3, 0.4) is 0 Å². The van der Waals surface area contributed by atoms with E-state index >= 15 is 0 Å². The van der Waals surface area contributed by atoms with Crippen molar-refractivity contribution >= 4 is 23.4 Å². The van der Waals surface area contributed by atoms with E-state index in [-0.39, 0.29) is 23.4 Å². The van der Waals surface area contributed by atoms with Gasteiger partial charge < -0.3 is 10.2 Å². The molecule has 2 amide bonds. The summed E-state index contributed by atoms with van der Waals surface area (Å²) >= 11 is 5.85. The monoisotopic (exact) mass is 310 g/mol. The third-order valence-corrected chi connectivity index (χ3v) is 4.39. The van der Waals surface area contributed by atoms with E-state index in [1.54, 1.807) is 4.90 Å². The largest absolute Gasteiger partial charge is 0.351 e. The number of carbonyl (C=O) groups excluding carboxylic acids is 2. The van der Waals surface area contributed by atoms with Crippen LogP contribution in [0.25, 0.3) is 0 Å². The molecule has 2 atom stereocenters. The molecule has 6 heteroatoms. The quantitative estimate of drug-likeness (QED) is 0.864. The summed E-state index contributed by atoms with van der Waals surface area (Å²) in [6.45, 7) is 0.764. The average molecular weight is 311 g/mol. The molecule has 0 aromatic heterocycles. The molecule has 0 spiro atoms. The van der Waals surface area contributed by atoms with Crippen LogP contribution in [0.15, 0.2) is 18.2 Å². The standard InChI is InChI=1S/C15H16ClFN2O2/c16-10-4-5-13(17)12(6-10)15(21)19-7-9-2-1-3-11(8-19)18-14(9)20/h4-6,9,11H,1-3,7-8H2,(H,18,20)/t9-,11+/m1/s1. The minimum atomic E-state index is -0.585. The minimum absolute atomic E-state index is 0.000587. The molecule has 2 saturated heterocycles. The van der Waals surface area contributed by atoms with E-state index in [1.807, 2.05) is 0 Å². The van der Waals surface area contributed by atoms with Gasteiger partial charge in [-0.15, -0.1) is 0 Å². The number of halogens is 2. The molecule has 4 nitrogen and oxygen atoms in total. The zero-order chi connectivity index (χ0) is 15.0. The van der Waals surface area contributed by atoms with Gasteiger partial charge in [0, 0.05) is 24.2 Å². The van der Waals surface area contributed by atoms with E-state index in [0.29, 0.717) is 18.1 Å². The molecule has 2 aliphatic rings. The molecule has 2 bridgehead atoms. The van der Waals surface area contributed by atoms with Crippen molar-refractivity contribution in [1.82, 2.24) is 10.2 Å². The number of fused-ring (bicyclic) bond motifs is 3. The first-order valence-electron chi connectivity index (χ1n) is 7.09.